The van der Waals surface area contributed by atoms with Crippen molar-refractivity contribution < 1.29 is 14.3 Å². The van der Waals surface area contributed by atoms with Gasteiger partial charge in [0, 0.05) is 17.9 Å². The zero-order chi connectivity index (χ0) is 20.6. The molecule has 6 nitrogen and oxygen atoms in total. The number of nitrogens with zero attached hydrogens (tertiary/aromatic N) is 1. The number of hydrogen-bond acceptors (Lipinski definition) is 4. The first-order chi connectivity index (χ1) is 14.0. The molecule has 0 unspecified atom stereocenters. The molecule has 1 fully saturated rings. The number of benzene rings is 2. The summed E-state index contributed by atoms with van der Waals surface area (Å²) in [6, 6.07) is 13.1. The monoisotopic (exact) mass is 395 g/mol. The highest BCUT2D eigenvalue weighted by Gasteiger charge is 2.16. The average Bonchev–Trinajstić information content (AvgIpc) is 3.23. The van der Waals surface area contributed by atoms with E-state index in [1.165, 1.54) is 11.1 Å². The maximum Gasteiger partial charge on any atom is 0.257 e. The third-order valence-corrected chi connectivity index (χ3v) is 4.91. The largest absolute Gasteiger partial charge is 0.494 e. The Morgan fingerprint density at radius 2 is 1.97 bits per heavy atom. The van der Waals surface area contributed by atoms with Gasteiger partial charge in [-0.2, -0.15) is 0 Å². The van der Waals surface area contributed by atoms with Crippen molar-refractivity contribution in [3.8, 4) is 5.75 Å². The smallest absolute Gasteiger partial charge is 0.257 e. The number of guanidine groups is 1. The SMILES string of the molecule is CCOc1ccc(C(=O)NC(=NC[C@H]2CCCO2)Nc2ccc(C)c(C)c2)cc1. The van der Waals surface area contributed by atoms with Crippen LogP contribution < -0.4 is 15.4 Å². The molecule has 6 heteroatoms. The van der Waals surface area contributed by atoms with Crippen molar-refractivity contribution in [2.24, 2.45) is 4.99 Å². The van der Waals surface area contributed by atoms with Gasteiger partial charge in [0.05, 0.1) is 19.3 Å². The van der Waals surface area contributed by atoms with Gasteiger partial charge >= 0.3 is 0 Å². The summed E-state index contributed by atoms with van der Waals surface area (Å²) in [6.07, 6.45) is 2.15. The Hall–Kier alpha value is -2.86. The number of carbonyl (C=O) groups excluding carboxylic acids is 1. The lowest BCUT2D eigenvalue weighted by Gasteiger charge is -2.14. The normalized spacial score (nSPS) is 16.5. The van der Waals surface area contributed by atoms with Crippen LogP contribution >= 0.6 is 0 Å². The van der Waals surface area contributed by atoms with Gasteiger partial charge in [0.1, 0.15) is 5.75 Å². The Morgan fingerprint density at radius 3 is 2.62 bits per heavy atom. The Morgan fingerprint density at radius 1 is 1.17 bits per heavy atom. The van der Waals surface area contributed by atoms with E-state index in [9.17, 15) is 4.79 Å². The molecular weight excluding hydrogens is 366 g/mol. The van der Waals surface area contributed by atoms with E-state index in [1.807, 2.05) is 25.1 Å². The molecule has 0 spiro atoms. The van der Waals surface area contributed by atoms with Gasteiger partial charge in [-0.15, -0.1) is 0 Å². The molecule has 29 heavy (non-hydrogen) atoms. The minimum atomic E-state index is -0.226. The predicted octanol–water partition coefficient (Wildman–Crippen LogP) is 4.08. The Balaban J connectivity index is 1.73. The lowest BCUT2D eigenvalue weighted by atomic mass is 10.1. The van der Waals surface area contributed by atoms with E-state index in [2.05, 4.69) is 29.5 Å². The van der Waals surface area contributed by atoms with E-state index in [0.29, 0.717) is 24.7 Å². The standard InChI is InChI=1S/C23H29N3O3/c1-4-28-20-11-8-18(9-12-20)22(27)26-23(24-15-21-6-5-13-29-21)25-19-10-7-16(2)17(3)14-19/h7-12,14,21H,4-6,13,15H2,1-3H3,(H2,24,25,26,27)/t21-/m1/s1. The highest BCUT2D eigenvalue weighted by Crippen LogP contribution is 2.16. The molecule has 0 saturated carbocycles. The molecule has 0 bridgehead atoms. The Bertz CT molecular complexity index is 856. The number of hydrogen-bond donors (Lipinski definition) is 2. The molecule has 1 amide bonds. The number of aliphatic imine (C=N–C) groups is 1. The molecule has 2 aromatic rings. The number of anilines is 1. The molecule has 1 aliphatic rings. The van der Waals surface area contributed by atoms with Crippen molar-refractivity contribution in [2.45, 2.75) is 39.7 Å². The third kappa shape index (κ3) is 6.06. The maximum absolute atomic E-state index is 12.7. The molecule has 0 aliphatic carbocycles. The summed E-state index contributed by atoms with van der Waals surface area (Å²) in [5, 5.41) is 6.14. The van der Waals surface area contributed by atoms with E-state index < -0.39 is 0 Å². The Kier molecular flexibility index (Phi) is 7.25. The van der Waals surface area contributed by atoms with Crippen molar-refractivity contribution in [3.63, 3.8) is 0 Å². The molecule has 1 saturated heterocycles. The van der Waals surface area contributed by atoms with Gasteiger partial charge in [0.15, 0.2) is 0 Å². The fourth-order valence-corrected chi connectivity index (χ4v) is 3.10. The molecule has 0 radical (unpaired) electrons. The zero-order valence-corrected chi connectivity index (χ0v) is 17.3. The van der Waals surface area contributed by atoms with Gasteiger partial charge < -0.3 is 14.8 Å². The minimum absolute atomic E-state index is 0.105. The van der Waals surface area contributed by atoms with Crippen molar-refractivity contribution in [3.05, 3.63) is 59.2 Å². The summed E-state index contributed by atoms with van der Waals surface area (Å²) < 4.78 is 11.1. The van der Waals surface area contributed by atoms with Crippen LogP contribution in [0.1, 0.15) is 41.3 Å². The predicted molar refractivity (Wildman–Crippen MR) is 116 cm³/mol. The van der Waals surface area contributed by atoms with Crippen LogP contribution in [0.4, 0.5) is 5.69 Å². The molecule has 0 aromatic heterocycles. The first-order valence-electron chi connectivity index (χ1n) is 10.1. The number of rotatable bonds is 6. The van der Waals surface area contributed by atoms with Crippen LogP contribution in [0.25, 0.3) is 0 Å². The number of nitrogens with one attached hydrogen (secondary N) is 2. The summed E-state index contributed by atoms with van der Waals surface area (Å²) in [5.41, 5.74) is 3.81. The number of amides is 1. The van der Waals surface area contributed by atoms with Crippen LogP contribution in [0.2, 0.25) is 0 Å². The highest BCUT2D eigenvalue weighted by atomic mass is 16.5. The number of carbonyl (C=O) groups is 1. The minimum Gasteiger partial charge on any atom is -0.494 e. The fourth-order valence-electron chi connectivity index (χ4n) is 3.10. The van der Waals surface area contributed by atoms with Gasteiger partial charge in [-0.05, 0) is 81.1 Å². The third-order valence-electron chi connectivity index (χ3n) is 4.91. The number of aryl methyl sites for hydroxylation is 2. The van der Waals surface area contributed by atoms with Crippen LogP contribution in [-0.2, 0) is 4.74 Å². The molecule has 1 atom stereocenters. The van der Waals surface area contributed by atoms with E-state index in [1.54, 1.807) is 24.3 Å². The number of ether oxygens (including phenoxy) is 2. The van der Waals surface area contributed by atoms with Gasteiger partial charge in [-0.3, -0.25) is 10.1 Å². The summed E-state index contributed by atoms with van der Waals surface area (Å²) in [6.45, 7) is 7.93. The summed E-state index contributed by atoms with van der Waals surface area (Å²) in [5.74, 6) is 0.933. The van der Waals surface area contributed by atoms with E-state index in [-0.39, 0.29) is 12.0 Å². The second-order valence-electron chi connectivity index (χ2n) is 7.16. The second kappa shape index (κ2) is 10.1. The van der Waals surface area contributed by atoms with Crippen molar-refractivity contribution in [1.29, 1.82) is 0 Å². The van der Waals surface area contributed by atoms with Gasteiger partial charge in [0.25, 0.3) is 5.91 Å². The molecule has 2 N–H and O–H groups in total. The fraction of sp³-hybridized carbons (Fsp3) is 0.391. The molecular formula is C23H29N3O3. The topological polar surface area (TPSA) is 72.0 Å². The second-order valence-corrected chi connectivity index (χ2v) is 7.16. The van der Waals surface area contributed by atoms with E-state index in [4.69, 9.17) is 9.47 Å². The van der Waals surface area contributed by atoms with Crippen LogP contribution in [0, 0.1) is 13.8 Å². The van der Waals surface area contributed by atoms with Gasteiger partial charge in [-0.1, -0.05) is 6.07 Å². The van der Waals surface area contributed by atoms with Crippen LogP contribution in [0.5, 0.6) is 5.75 Å². The lowest BCUT2D eigenvalue weighted by molar-refractivity contribution is 0.0975. The molecule has 1 heterocycles. The molecule has 3 rings (SSSR count). The maximum atomic E-state index is 12.7. The van der Waals surface area contributed by atoms with Crippen LogP contribution in [0.15, 0.2) is 47.5 Å². The zero-order valence-electron chi connectivity index (χ0n) is 17.3. The summed E-state index contributed by atoms with van der Waals surface area (Å²) >= 11 is 0. The first-order valence-corrected chi connectivity index (χ1v) is 10.1. The first kappa shape index (κ1) is 20.9. The average molecular weight is 396 g/mol. The van der Waals surface area contributed by atoms with E-state index >= 15 is 0 Å². The van der Waals surface area contributed by atoms with Crippen LogP contribution in [-0.4, -0.2) is 37.7 Å². The summed E-state index contributed by atoms with van der Waals surface area (Å²) in [4.78, 5) is 17.3. The summed E-state index contributed by atoms with van der Waals surface area (Å²) in [7, 11) is 0. The molecule has 1 aliphatic heterocycles. The van der Waals surface area contributed by atoms with Crippen molar-refractivity contribution in [1.82, 2.24) is 5.32 Å². The molecule has 154 valence electrons. The lowest BCUT2D eigenvalue weighted by Crippen LogP contribution is -2.36. The van der Waals surface area contributed by atoms with Crippen LogP contribution in [0.3, 0.4) is 0 Å². The highest BCUT2D eigenvalue weighted by molar-refractivity contribution is 6.10. The Labute approximate surface area is 172 Å². The van der Waals surface area contributed by atoms with Crippen molar-refractivity contribution in [2.75, 3.05) is 25.1 Å². The van der Waals surface area contributed by atoms with Crippen molar-refractivity contribution >= 4 is 17.6 Å². The van der Waals surface area contributed by atoms with Gasteiger partial charge in [-0.25, -0.2) is 4.99 Å². The molecule has 2 aromatic carbocycles. The van der Waals surface area contributed by atoms with E-state index in [0.717, 1.165) is 30.9 Å². The van der Waals surface area contributed by atoms with Gasteiger partial charge in [0.2, 0.25) is 5.96 Å². The quantitative estimate of drug-likeness (QED) is 0.571.